The Balaban J connectivity index is 0.000001000. The minimum atomic E-state index is -3.19. The van der Waals surface area contributed by atoms with E-state index in [0.29, 0.717) is 4.21 Å². The van der Waals surface area contributed by atoms with Gasteiger partial charge in [0, 0.05) is 1.43 Å². The fraction of sp³-hybridized carbons (Fsp3) is 0.200. The predicted molar refractivity (Wildman–Crippen MR) is 42.7 cm³/mol. The molecular weight excluding hydrogens is 170 g/mol. The van der Waals surface area contributed by atoms with Crippen LogP contribution in [0, 0.1) is 0 Å². The number of thiophene rings is 1. The van der Waals surface area contributed by atoms with Crippen molar-refractivity contribution < 1.29 is 9.84 Å². The van der Waals surface area contributed by atoms with Crippen molar-refractivity contribution in [2.24, 2.45) is 0 Å². The van der Waals surface area contributed by atoms with Gasteiger partial charge in [0.1, 0.15) is 4.21 Å². The summed E-state index contributed by atoms with van der Waals surface area (Å²) >= 11 is 1.20. The van der Waals surface area contributed by atoms with Gasteiger partial charge in [-0.15, -0.1) is 11.3 Å². The van der Waals surface area contributed by atoms with Gasteiger partial charge in [-0.2, -0.15) is 0 Å². The summed E-state index contributed by atoms with van der Waals surface area (Å²) in [5.41, 5.74) is 0. The van der Waals surface area contributed by atoms with Gasteiger partial charge in [-0.25, -0.2) is 13.1 Å². The fourth-order valence-electron chi connectivity index (χ4n) is 0.517. The lowest BCUT2D eigenvalue weighted by Crippen LogP contribution is -2.16. The van der Waals surface area contributed by atoms with E-state index >= 15 is 0 Å². The highest BCUT2D eigenvalue weighted by Gasteiger charge is 2.10. The Morgan fingerprint density at radius 2 is 2.40 bits per heavy atom. The summed E-state index contributed by atoms with van der Waals surface area (Å²) in [5.74, 6) is 0. The normalized spacial score (nSPS) is 11.7. The van der Waals surface area contributed by atoms with E-state index in [0.717, 1.165) is 0 Å². The number of rotatable bonds is 2. The minimum Gasteiger partial charge on any atom is -0.214 e. The smallest absolute Gasteiger partial charge is 0.214 e. The van der Waals surface area contributed by atoms with Crippen molar-refractivity contribution >= 4 is 21.4 Å². The van der Waals surface area contributed by atoms with Crippen LogP contribution in [0.15, 0.2) is 21.7 Å². The summed E-state index contributed by atoms with van der Waals surface area (Å²) in [6, 6.07) is 3.27. The van der Waals surface area contributed by atoms with Crippen LogP contribution >= 0.6 is 11.3 Å². The van der Waals surface area contributed by atoms with Crippen molar-refractivity contribution in [3.05, 3.63) is 17.5 Å². The standard InChI is InChI=1S/C5H7NO2S2.H2/c1-6-10(7,8)5-3-2-4-9-5;/h2-4,6H,1H3;1H. The molecule has 0 aliphatic heterocycles. The van der Waals surface area contributed by atoms with Crippen molar-refractivity contribution in [2.75, 3.05) is 7.05 Å². The number of sulfonamides is 1. The lowest BCUT2D eigenvalue weighted by molar-refractivity contribution is 0.590. The van der Waals surface area contributed by atoms with Crippen LogP contribution in [0.25, 0.3) is 0 Å². The van der Waals surface area contributed by atoms with Gasteiger partial charge in [0.25, 0.3) is 0 Å². The van der Waals surface area contributed by atoms with Gasteiger partial charge in [0.2, 0.25) is 10.0 Å². The molecule has 0 atom stereocenters. The van der Waals surface area contributed by atoms with E-state index in [-0.39, 0.29) is 1.43 Å². The molecule has 0 aliphatic rings. The molecule has 0 aromatic carbocycles. The third-order valence-corrected chi connectivity index (χ3v) is 3.84. The Bertz CT molecular complexity index is 292. The Morgan fingerprint density at radius 1 is 1.70 bits per heavy atom. The summed E-state index contributed by atoms with van der Waals surface area (Å²) in [6.45, 7) is 0. The summed E-state index contributed by atoms with van der Waals surface area (Å²) in [5, 5.41) is 1.73. The molecule has 1 rings (SSSR count). The van der Waals surface area contributed by atoms with Crippen molar-refractivity contribution in [1.82, 2.24) is 4.72 Å². The largest absolute Gasteiger partial charge is 0.249 e. The van der Waals surface area contributed by atoms with E-state index in [1.54, 1.807) is 17.5 Å². The molecule has 3 nitrogen and oxygen atoms in total. The van der Waals surface area contributed by atoms with Gasteiger partial charge in [0.15, 0.2) is 0 Å². The topological polar surface area (TPSA) is 46.2 Å². The molecule has 0 fully saturated rings. The molecule has 0 radical (unpaired) electrons. The number of hydrogen-bond donors (Lipinski definition) is 1. The maximum absolute atomic E-state index is 11.0. The highest BCUT2D eigenvalue weighted by atomic mass is 32.2. The maximum Gasteiger partial charge on any atom is 0.249 e. The van der Waals surface area contributed by atoms with Gasteiger partial charge in [-0.05, 0) is 18.5 Å². The van der Waals surface area contributed by atoms with E-state index in [9.17, 15) is 8.42 Å². The zero-order valence-corrected chi connectivity index (χ0v) is 7.00. The monoisotopic (exact) mass is 179 g/mol. The molecule has 1 N–H and O–H groups in total. The molecule has 0 amide bonds. The molecule has 0 aliphatic carbocycles. The van der Waals surface area contributed by atoms with Crippen LogP contribution in [-0.4, -0.2) is 15.5 Å². The molecule has 0 saturated heterocycles. The Kier molecular flexibility index (Phi) is 2.08. The number of hydrogen-bond acceptors (Lipinski definition) is 3. The second kappa shape index (κ2) is 2.69. The van der Waals surface area contributed by atoms with Crippen molar-refractivity contribution in [1.29, 1.82) is 0 Å². The average Bonchev–Trinajstić information content (AvgIpc) is 2.38. The van der Waals surface area contributed by atoms with Gasteiger partial charge in [0.05, 0.1) is 0 Å². The van der Waals surface area contributed by atoms with E-state index in [1.165, 1.54) is 18.4 Å². The van der Waals surface area contributed by atoms with Crippen LogP contribution < -0.4 is 4.72 Å². The highest BCUT2D eigenvalue weighted by Crippen LogP contribution is 2.14. The van der Waals surface area contributed by atoms with Crippen LogP contribution in [0.2, 0.25) is 0 Å². The Labute approximate surface area is 65.2 Å². The zero-order chi connectivity index (χ0) is 7.61. The molecule has 1 aromatic heterocycles. The summed E-state index contributed by atoms with van der Waals surface area (Å²) in [4.78, 5) is 0. The lowest BCUT2D eigenvalue weighted by atomic mass is 10.7. The van der Waals surface area contributed by atoms with Crippen LogP contribution in [0.1, 0.15) is 1.43 Å². The van der Waals surface area contributed by atoms with Gasteiger partial charge >= 0.3 is 0 Å². The first-order valence-corrected chi connectivity index (χ1v) is 5.00. The molecular formula is C5H9NO2S2. The molecule has 1 heterocycles. The first-order valence-electron chi connectivity index (χ1n) is 2.64. The Hall–Kier alpha value is -0.390. The quantitative estimate of drug-likeness (QED) is 0.733. The highest BCUT2D eigenvalue weighted by molar-refractivity contribution is 7.91. The summed E-state index contributed by atoms with van der Waals surface area (Å²) in [7, 11) is -1.79. The summed E-state index contributed by atoms with van der Waals surface area (Å²) in [6.07, 6.45) is 0. The maximum atomic E-state index is 11.0. The van der Waals surface area contributed by atoms with E-state index in [2.05, 4.69) is 4.72 Å². The van der Waals surface area contributed by atoms with Crippen LogP contribution in [-0.2, 0) is 10.0 Å². The zero-order valence-electron chi connectivity index (χ0n) is 5.37. The van der Waals surface area contributed by atoms with Crippen molar-refractivity contribution in [2.45, 2.75) is 4.21 Å². The van der Waals surface area contributed by atoms with Crippen LogP contribution in [0.4, 0.5) is 0 Å². The second-order valence-electron chi connectivity index (χ2n) is 1.64. The van der Waals surface area contributed by atoms with Gasteiger partial charge in [-0.1, -0.05) is 6.07 Å². The molecule has 0 unspecified atom stereocenters. The molecule has 0 saturated carbocycles. The molecule has 10 heavy (non-hydrogen) atoms. The third kappa shape index (κ3) is 1.36. The van der Waals surface area contributed by atoms with Gasteiger partial charge in [-0.3, -0.25) is 0 Å². The Morgan fingerprint density at radius 3 is 2.80 bits per heavy atom. The lowest BCUT2D eigenvalue weighted by Gasteiger charge is -1.94. The summed E-state index contributed by atoms with van der Waals surface area (Å²) < 4.78 is 24.5. The SMILES string of the molecule is CNS(=O)(=O)c1cccs1.[HH]. The molecule has 1 aromatic rings. The van der Waals surface area contributed by atoms with Crippen LogP contribution in [0.5, 0.6) is 0 Å². The average molecular weight is 179 g/mol. The first-order chi connectivity index (χ1) is 4.67. The predicted octanol–water partition coefficient (Wildman–Crippen LogP) is 0.902. The first kappa shape index (κ1) is 7.71. The molecule has 58 valence electrons. The minimum absolute atomic E-state index is 0. The van der Waals surface area contributed by atoms with Crippen molar-refractivity contribution in [3.8, 4) is 0 Å². The van der Waals surface area contributed by atoms with E-state index < -0.39 is 10.0 Å². The van der Waals surface area contributed by atoms with Crippen molar-refractivity contribution in [3.63, 3.8) is 0 Å². The molecule has 5 heteroatoms. The molecule has 0 spiro atoms. The van der Waals surface area contributed by atoms with Gasteiger partial charge < -0.3 is 0 Å². The van der Waals surface area contributed by atoms with E-state index in [4.69, 9.17) is 0 Å². The fourth-order valence-corrected chi connectivity index (χ4v) is 2.35. The second-order valence-corrected chi connectivity index (χ2v) is 4.70. The van der Waals surface area contributed by atoms with Crippen LogP contribution in [0.3, 0.4) is 0 Å². The third-order valence-electron chi connectivity index (χ3n) is 1.03. The van der Waals surface area contributed by atoms with E-state index in [1.807, 2.05) is 0 Å². The number of nitrogens with one attached hydrogen (secondary N) is 1. The molecule has 0 bridgehead atoms.